The lowest BCUT2D eigenvalue weighted by atomic mass is 10.1. The van der Waals surface area contributed by atoms with Crippen LogP contribution in [0.3, 0.4) is 0 Å². The van der Waals surface area contributed by atoms with E-state index in [0.29, 0.717) is 22.6 Å². The van der Waals surface area contributed by atoms with Gasteiger partial charge in [-0.2, -0.15) is 5.10 Å². The van der Waals surface area contributed by atoms with Gasteiger partial charge in [0.05, 0.1) is 22.6 Å². The molecular weight excluding hydrogens is 228 g/mol. The van der Waals surface area contributed by atoms with Crippen LogP contribution >= 0.6 is 0 Å². The van der Waals surface area contributed by atoms with Crippen molar-refractivity contribution in [3.8, 4) is 0 Å². The van der Waals surface area contributed by atoms with Crippen LogP contribution in [-0.2, 0) is 7.05 Å². The number of carbonyl (C=O) groups excluding carboxylic acids is 1. The molecular formula is C13H16N4O. The summed E-state index contributed by atoms with van der Waals surface area (Å²) in [6.07, 6.45) is 1.69. The molecule has 2 rings (SSSR count). The number of aryl methyl sites for hydroxylation is 3. The van der Waals surface area contributed by atoms with Gasteiger partial charge in [0, 0.05) is 13.2 Å². The van der Waals surface area contributed by atoms with Gasteiger partial charge in [-0.05, 0) is 25.5 Å². The van der Waals surface area contributed by atoms with E-state index in [4.69, 9.17) is 5.73 Å². The Hall–Kier alpha value is -2.30. The summed E-state index contributed by atoms with van der Waals surface area (Å²) in [7, 11) is 1.78. The summed E-state index contributed by atoms with van der Waals surface area (Å²) in [5, 5.41) is 6.97. The molecule has 0 aliphatic carbocycles. The van der Waals surface area contributed by atoms with Crippen LogP contribution in [0.4, 0.5) is 11.4 Å². The van der Waals surface area contributed by atoms with E-state index in [-0.39, 0.29) is 5.91 Å². The van der Waals surface area contributed by atoms with Gasteiger partial charge in [0.1, 0.15) is 0 Å². The van der Waals surface area contributed by atoms with E-state index in [1.54, 1.807) is 30.9 Å². The number of nitrogens with two attached hydrogens (primary N) is 1. The molecule has 0 saturated heterocycles. The topological polar surface area (TPSA) is 72.9 Å². The summed E-state index contributed by atoms with van der Waals surface area (Å²) in [4.78, 5) is 12.1. The van der Waals surface area contributed by atoms with Gasteiger partial charge >= 0.3 is 0 Å². The van der Waals surface area contributed by atoms with Gasteiger partial charge in [-0.15, -0.1) is 0 Å². The molecule has 1 heterocycles. The van der Waals surface area contributed by atoms with Gasteiger partial charge in [0.2, 0.25) is 0 Å². The third-order valence-corrected chi connectivity index (χ3v) is 2.80. The van der Waals surface area contributed by atoms with Gasteiger partial charge in [-0.1, -0.05) is 12.1 Å². The lowest BCUT2D eigenvalue weighted by Gasteiger charge is -2.10. The molecule has 0 saturated carbocycles. The maximum Gasteiger partial charge on any atom is 0.259 e. The Kier molecular flexibility index (Phi) is 3.06. The second-order valence-electron chi connectivity index (χ2n) is 4.30. The Morgan fingerprint density at radius 1 is 1.39 bits per heavy atom. The average molecular weight is 244 g/mol. The molecule has 94 valence electrons. The highest BCUT2D eigenvalue weighted by atomic mass is 16.1. The first-order valence-electron chi connectivity index (χ1n) is 5.65. The zero-order valence-electron chi connectivity index (χ0n) is 10.7. The summed E-state index contributed by atoms with van der Waals surface area (Å²) in [6.45, 7) is 3.71. The molecule has 5 heteroatoms. The van der Waals surface area contributed by atoms with Crippen molar-refractivity contribution in [2.75, 3.05) is 11.1 Å². The van der Waals surface area contributed by atoms with Crippen molar-refractivity contribution in [3.63, 3.8) is 0 Å². The number of rotatable bonds is 2. The molecule has 0 spiro atoms. The number of hydrogen-bond donors (Lipinski definition) is 2. The van der Waals surface area contributed by atoms with Crippen LogP contribution in [0.15, 0.2) is 24.4 Å². The number of nitrogen functional groups attached to an aromatic ring is 1. The lowest BCUT2D eigenvalue weighted by Crippen LogP contribution is -2.14. The predicted molar refractivity (Wildman–Crippen MR) is 71.5 cm³/mol. The second kappa shape index (κ2) is 4.52. The number of amides is 1. The minimum atomic E-state index is -0.193. The Morgan fingerprint density at radius 2 is 2.11 bits per heavy atom. The van der Waals surface area contributed by atoms with Crippen molar-refractivity contribution < 1.29 is 4.79 Å². The smallest absolute Gasteiger partial charge is 0.259 e. The van der Waals surface area contributed by atoms with Crippen LogP contribution in [-0.4, -0.2) is 15.7 Å². The zero-order chi connectivity index (χ0) is 13.3. The third-order valence-electron chi connectivity index (χ3n) is 2.80. The molecule has 0 fully saturated rings. The van der Waals surface area contributed by atoms with E-state index >= 15 is 0 Å². The molecule has 1 aromatic heterocycles. The maximum absolute atomic E-state index is 12.1. The van der Waals surface area contributed by atoms with Crippen LogP contribution in [0.2, 0.25) is 0 Å². The fraction of sp³-hybridized carbons (Fsp3) is 0.231. The van der Waals surface area contributed by atoms with Crippen molar-refractivity contribution in [1.82, 2.24) is 9.78 Å². The summed E-state index contributed by atoms with van der Waals surface area (Å²) in [6, 6.07) is 5.52. The quantitative estimate of drug-likeness (QED) is 0.792. The molecule has 1 aromatic carbocycles. The minimum absolute atomic E-state index is 0.193. The van der Waals surface area contributed by atoms with E-state index in [1.165, 1.54) is 0 Å². The number of para-hydroxylation sites is 1. The molecule has 0 aliphatic heterocycles. The van der Waals surface area contributed by atoms with Crippen LogP contribution < -0.4 is 11.1 Å². The van der Waals surface area contributed by atoms with E-state index < -0.39 is 0 Å². The third kappa shape index (κ3) is 2.20. The predicted octanol–water partition coefficient (Wildman–Crippen LogP) is 1.87. The van der Waals surface area contributed by atoms with Crippen LogP contribution in [0.1, 0.15) is 21.6 Å². The Labute approximate surface area is 106 Å². The lowest BCUT2D eigenvalue weighted by molar-refractivity contribution is 0.102. The molecule has 1 amide bonds. The first kappa shape index (κ1) is 12.2. The fourth-order valence-electron chi connectivity index (χ4n) is 1.86. The van der Waals surface area contributed by atoms with Gasteiger partial charge in [0.15, 0.2) is 0 Å². The normalized spacial score (nSPS) is 10.4. The number of hydrogen-bond acceptors (Lipinski definition) is 3. The number of benzene rings is 1. The van der Waals surface area contributed by atoms with Crippen LogP contribution in [0.25, 0.3) is 0 Å². The largest absolute Gasteiger partial charge is 0.397 e. The molecule has 3 N–H and O–H groups in total. The van der Waals surface area contributed by atoms with Crippen LogP contribution in [0.5, 0.6) is 0 Å². The Balaban J connectivity index is 2.30. The molecule has 18 heavy (non-hydrogen) atoms. The van der Waals surface area contributed by atoms with Gasteiger partial charge in [-0.25, -0.2) is 0 Å². The summed E-state index contributed by atoms with van der Waals surface area (Å²) in [5.41, 5.74) is 9.26. The fourth-order valence-corrected chi connectivity index (χ4v) is 1.86. The number of nitrogens with zero attached hydrogens (tertiary/aromatic N) is 2. The molecule has 5 nitrogen and oxygen atoms in total. The monoisotopic (exact) mass is 244 g/mol. The van der Waals surface area contributed by atoms with Crippen molar-refractivity contribution in [3.05, 3.63) is 41.2 Å². The van der Waals surface area contributed by atoms with Crippen molar-refractivity contribution in [1.29, 1.82) is 0 Å². The van der Waals surface area contributed by atoms with E-state index in [2.05, 4.69) is 10.4 Å². The molecule has 0 bridgehead atoms. The van der Waals surface area contributed by atoms with E-state index in [0.717, 1.165) is 5.56 Å². The first-order chi connectivity index (χ1) is 8.49. The first-order valence-corrected chi connectivity index (χ1v) is 5.65. The standard InChI is InChI=1S/C13H16N4O/c1-8-5-4-6-11(14)12(8)15-13(18)10-7-17(3)16-9(10)2/h4-7H,14H2,1-3H3,(H,15,18). The summed E-state index contributed by atoms with van der Waals surface area (Å²) < 4.78 is 1.62. The Morgan fingerprint density at radius 3 is 2.67 bits per heavy atom. The molecule has 0 unspecified atom stereocenters. The van der Waals surface area contributed by atoms with Gasteiger partial charge in [-0.3, -0.25) is 9.48 Å². The molecule has 0 atom stereocenters. The average Bonchev–Trinajstić information content (AvgIpc) is 2.63. The van der Waals surface area contributed by atoms with Crippen LogP contribution in [0, 0.1) is 13.8 Å². The molecule has 2 aromatic rings. The molecule has 0 radical (unpaired) electrons. The maximum atomic E-state index is 12.1. The number of aromatic nitrogens is 2. The van der Waals surface area contributed by atoms with E-state index in [9.17, 15) is 4.79 Å². The van der Waals surface area contributed by atoms with Gasteiger partial charge in [0.25, 0.3) is 5.91 Å². The Bertz CT molecular complexity index is 581. The summed E-state index contributed by atoms with van der Waals surface area (Å²) in [5.74, 6) is -0.193. The van der Waals surface area contributed by atoms with Crippen molar-refractivity contribution in [2.45, 2.75) is 13.8 Å². The number of carbonyl (C=O) groups is 1. The highest BCUT2D eigenvalue weighted by Gasteiger charge is 2.14. The number of nitrogens with one attached hydrogen (secondary N) is 1. The van der Waals surface area contributed by atoms with Gasteiger partial charge < -0.3 is 11.1 Å². The minimum Gasteiger partial charge on any atom is -0.397 e. The number of anilines is 2. The zero-order valence-corrected chi connectivity index (χ0v) is 10.7. The highest BCUT2D eigenvalue weighted by molar-refractivity contribution is 6.06. The summed E-state index contributed by atoms with van der Waals surface area (Å²) >= 11 is 0. The van der Waals surface area contributed by atoms with E-state index in [1.807, 2.05) is 19.1 Å². The van der Waals surface area contributed by atoms with Crippen molar-refractivity contribution in [2.24, 2.45) is 7.05 Å². The van der Waals surface area contributed by atoms with Crippen molar-refractivity contribution >= 4 is 17.3 Å². The second-order valence-corrected chi connectivity index (χ2v) is 4.30. The SMILES string of the molecule is Cc1cccc(N)c1NC(=O)c1cn(C)nc1C. The molecule has 0 aliphatic rings. The highest BCUT2D eigenvalue weighted by Crippen LogP contribution is 2.23.